The molecule has 1 fully saturated rings. The maximum Gasteiger partial charge on any atom is 0.252 e. The zero-order valence-corrected chi connectivity index (χ0v) is 13.2. The number of hydrogen-bond acceptors (Lipinski definition) is 3. The van der Waals surface area contributed by atoms with Gasteiger partial charge < -0.3 is 5.32 Å². The Morgan fingerprint density at radius 2 is 1.81 bits per heavy atom. The van der Waals surface area contributed by atoms with Crippen LogP contribution in [0.5, 0.6) is 0 Å². The van der Waals surface area contributed by atoms with Crippen molar-refractivity contribution in [3.63, 3.8) is 0 Å². The smallest absolute Gasteiger partial charge is 0.252 e. The molecule has 0 spiro atoms. The van der Waals surface area contributed by atoms with Crippen molar-refractivity contribution in [1.82, 2.24) is 4.90 Å². The van der Waals surface area contributed by atoms with Gasteiger partial charge in [0.1, 0.15) is 6.04 Å². The van der Waals surface area contributed by atoms with Gasteiger partial charge in [0.05, 0.1) is 6.42 Å². The van der Waals surface area contributed by atoms with Crippen molar-refractivity contribution in [2.75, 3.05) is 5.32 Å². The number of carbonyl (C=O) groups is 2. The maximum absolute atomic E-state index is 12.3. The lowest BCUT2D eigenvalue weighted by atomic mass is 10.0. The first-order valence-corrected chi connectivity index (χ1v) is 7.66. The monoisotopic (exact) mass is 288 g/mol. The molecule has 21 heavy (non-hydrogen) atoms. The Labute approximate surface area is 126 Å². The van der Waals surface area contributed by atoms with Crippen LogP contribution in [0, 0.1) is 0 Å². The summed E-state index contributed by atoms with van der Waals surface area (Å²) in [7, 11) is 0. The summed E-state index contributed by atoms with van der Waals surface area (Å²) in [6.07, 6.45) is 1.03. The summed E-state index contributed by atoms with van der Waals surface area (Å²) in [5.74, 6) is 0.294. The second-order valence-electron chi connectivity index (χ2n) is 6.04. The molecule has 0 aromatic heterocycles. The van der Waals surface area contributed by atoms with Crippen molar-refractivity contribution < 1.29 is 9.59 Å². The van der Waals surface area contributed by atoms with Crippen molar-refractivity contribution in [2.45, 2.75) is 58.5 Å². The average Bonchev–Trinajstić information content (AvgIpc) is 2.73. The highest BCUT2D eigenvalue weighted by Gasteiger charge is 2.40. The number of amides is 2. The first-order valence-electron chi connectivity index (χ1n) is 7.66. The van der Waals surface area contributed by atoms with Crippen LogP contribution >= 0.6 is 0 Å². The van der Waals surface area contributed by atoms with E-state index in [4.69, 9.17) is 0 Å². The highest BCUT2D eigenvalue weighted by atomic mass is 16.2. The van der Waals surface area contributed by atoms with Gasteiger partial charge in [-0.2, -0.15) is 0 Å². The summed E-state index contributed by atoms with van der Waals surface area (Å²) in [6.45, 7) is 8.18. The van der Waals surface area contributed by atoms with E-state index in [0.29, 0.717) is 5.92 Å². The summed E-state index contributed by atoms with van der Waals surface area (Å²) in [4.78, 5) is 25.7. The number of benzene rings is 1. The van der Waals surface area contributed by atoms with Gasteiger partial charge in [-0.15, -0.1) is 0 Å². The Morgan fingerprint density at radius 1 is 1.19 bits per heavy atom. The highest BCUT2D eigenvalue weighted by molar-refractivity contribution is 6.07. The fraction of sp³-hybridized carbons (Fsp3) is 0.529. The Kier molecular flexibility index (Phi) is 4.66. The predicted molar refractivity (Wildman–Crippen MR) is 84.2 cm³/mol. The third kappa shape index (κ3) is 3.26. The molecule has 114 valence electrons. The summed E-state index contributed by atoms with van der Waals surface area (Å²) in [6, 6.07) is 7.59. The van der Waals surface area contributed by atoms with Gasteiger partial charge in [0, 0.05) is 11.7 Å². The van der Waals surface area contributed by atoms with Gasteiger partial charge in [-0.05, 0) is 37.0 Å². The fourth-order valence-electron chi connectivity index (χ4n) is 2.57. The lowest BCUT2D eigenvalue weighted by Crippen LogP contribution is -2.40. The van der Waals surface area contributed by atoms with E-state index in [9.17, 15) is 9.59 Å². The molecule has 0 bridgehead atoms. The van der Waals surface area contributed by atoms with Crippen LogP contribution < -0.4 is 5.32 Å². The molecule has 1 aromatic carbocycles. The molecule has 4 heteroatoms. The maximum atomic E-state index is 12.3. The number of imide groups is 1. The third-order valence-corrected chi connectivity index (χ3v) is 4.13. The number of carbonyl (C=O) groups excluding carboxylic acids is 2. The Hall–Kier alpha value is -1.84. The van der Waals surface area contributed by atoms with E-state index in [2.05, 4.69) is 31.3 Å². The van der Waals surface area contributed by atoms with Crippen LogP contribution in [0.25, 0.3) is 0 Å². The SMILES string of the molecule is CCC(C)N1C(=O)CC(Nc2ccc(C(C)C)cc2)C1=O. The van der Waals surface area contributed by atoms with Crippen LogP contribution in [0.4, 0.5) is 5.69 Å². The minimum absolute atomic E-state index is 0.0277. The Balaban J connectivity index is 2.07. The molecule has 1 saturated heterocycles. The molecule has 1 N–H and O–H groups in total. The summed E-state index contributed by atoms with van der Waals surface area (Å²) < 4.78 is 0. The number of anilines is 1. The van der Waals surface area contributed by atoms with E-state index in [1.807, 2.05) is 26.0 Å². The van der Waals surface area contributed by atoms with Gasteiger partial charge in [-0.25, -0.2) is 0 Å². The molecule has 2 rings (SSSR count). The van der Waals surface area contributed by atoms with E-state index < -0.39 is 6.04 Å². The van der Waals surface area contributed by atoms with Crippen LogP contribution in [0.1, 0.15) is 52.0 Å². The molecule has 2 amide bonds. The number of nitrogens with zero attached hydrogens (tertiary/aromatic N) is 1. The number of likely N-dealkylation sites (tertiary alicyclic amines) is 1. The molecule has 2 unspecified atom stereocenters. The van der Waals surface area contributed by atoms with Gasteiger partial charge in [-0.3, -0.25) is 14.5 Å². The van der Waals surface area contributed by atoms with Crippen molar-refractivity contribution in [2.24, 2.45) is 0 Å². The van der Waals surface area contributed by atoms with Crippen LogP contribution in [0.3, 0.4) is 0 Å². The second kappa shape index (κ2) is 6.29. The van der Waals surface area contributed by atoms with Gasteiger partial charge >= 0.3 is 0 Å². The number of hydrogen-bond donors (Lipinski definition) is 1. The molecule has 4 nitrogen and oxygen atoms in total. The normalized spacial score (nSPS) is 20.2. The van der Waals surface area contributed by atoms with E-state index in [-0.39, 0.29) is 24.3 Å². The fourth-order valence-corrected chi connectivity index (χ4v) is 2.57. The van der Waals surface area contributed by atoms with Crippen LogP contribution in [0.2, 0.25) is 0 Å². The predicted octanol–water partition coefficient (Wildman–Crippen LogP) is 3.15. The van der Waals surface area contributed by atoms with E-state index in [1.165, 1.54) is 10.5 Å². The number of rotatable bonds is 5. The largest absolute Gasteiger partial charge is 0.373 e. The van der Waals surface area contributed by atoms with Crippen molar-refractivity contribution in [1.29, 1.82) is 0 Å². The van der Waals surface area contributed by atoms with E-state index in [0.717, 1.165) is 12.1 Å². The summed E-state index contributed by atoms with van der Waals surface area (Å²) >= 11 is 0. The molecule has 0 aliphatic carbocycles. The van der Waals surface area contributed by atoms with E-state index >= 15 is 0 Å². The first-order chi connectivity index (χ1) is 9.93. The molecule has 2 atom stereocenters. The van der Waals surface area contributed by atoms with Gasteiger partial charge in [0.2, 0.25) is 5.91 Å². The van der Waals surface area contributed by atoms with Crippen molar-refractivity contribution in [3.05, 3.63) is 29.8 Å². The van der Waals surface area contributed by atoms with Gasteiger partial charge in [-0.1, -0.05) is 32.9 Å². The lowest BCUT2D eigenvalue weighted by molar-refractivity contribution is -0.140. The van der Waals surface area contributed by atoms with Gasteiger partial charge in [0.25, 0.3) is 5.91 Å². The highest BCUT2D eigenvalue weighted by Crippen LogP contribution is 2.23. The zero-order chi connectivity index (χ0) is 15.6. The minimum atomic E-state index is -0.434. The van der Waals surface area contributed by atoms with E-state index in [1.54, 1.807) is 0 Å². The molecular formula is C17H24N2O2. The number of nitrogens with one attached hydrogen (secondary N) is 1. The quantitative estimate of drug-likeness (QED) is 0.847. The van der Waals surface area contributed by atoms with Crippen LogP contribution in [-0.4, -0.2) is 28.8 Å². The van der Waals surface area contributed by atoms with Gasteiger partial charge in [0.15, 0.2) is 0 Å². The second-order valence-corrected chi connectivity index (χ2v) is 6.04. The molecule has 0 radical (unpaired) electrons. The van der Waals surface area contributed by atoms with Crippen molar-refractivity contribution in [3.8, 4) is 0 Å². The molecule has 0 saturated carbocycles. The standard InChI is InChI=1S/C17H24N2O2/c1-5-12(4)19-16(20)10-15(17(19)21)18-14-8-6-13(7-9-14)11(2)3/h6-9,11-12,15,18H,5,10H2,1-4H3. The molecule has 1 heterocycles. The Morgan fingerprint density at radius 3 is 2.33 bits per heavy atom. The summed E-state index contributed by atoms with van der Waals surface area (Å²) in [5, 5.41) is 3.18. The average molecular weight is 288 g/mol. The van der Waals surface area contributed by atoms with Crippen molar-refractivity contribution >= 4 is 17.5 Å². The topological polar surface area (TPSA) is 49.4 Å². The van der Waals surface area contributed by atoms with Crippen LogP contribution in [0.15, 0.2) is 24.3 Å². The summed E-state index contributed by atoms with van der Waals surface area (Å²) in [5.41, 5.74) is 2.15. The first kappa shape index (κ1) is 15.5. The minimum Gasteiger partial charge on any atom is -0.373 e. The third-order valence-electron chi connectivity index (χ3n) is 4.13. The molecular weight excluding hydrogens is 264 g/mol. The van der Waals surface area contributed by atoms with Crippen LogP contribution in [-0.2, 0) is 9.59 Å². The molecule has 1 aliphatic heterocycles. The molecule has 1 aliphatic rings. The lowest BCUT2D eigenvalue weighted by Gasteiger charge is -2.22. The molecule has 1 aromatic rings. The Bertz CT molecular complexity index is 522. The zero-order valence-electron chi connectivity index (χ0n) is 13.2.